The van der Waals surface area contributed by atoms with Gasteiger partial charge in [-0.3, -0.25) is 9.36 Å². The third kappa shape index (κ3) is 1.75. The zero-order valence-corrected chi connectivity index (χ0v) is 8.81. The molecule has 2 aromatic rings. The molecule has 0 amide bonds. The van der Waals surface area contributed by atoms with Gasteiger partial charge in [0.15, 0.2) is 0 Å². The van der Waals surface area contributed by atoms with Crippen LogP contribution in [0.1, 0.15) is 0 Å². The minimum Gasteiger partial charge on any atom is -0.269 e. The summed E-state index contributed by atoms with van der Waals surface area (Å²) in [5.41, 5.74) is -0.0990. The summed E-state index contributed by atoms with van der Waals surface area (Å²) in [6, 6.07) is 8.75. The van der Waals surface area contributed by atoms with E-state index in [0.717, 1.165) is 4.47 Å². The van der Waals surface area contributed by atoms with Crippen molar-refractivity contribution in [2.24, 2.45) is 0 Å². The van der Waals surface area contributed by atoms with Crippen LogP contribution in [0.4, 0.5) is 0 Å². The van der Waals surface area contributed by atoms with Crippen molar-refractivity contribution in [1.82, 2.24) is 9.55 Å². The predicted octanol–water partition coefficient (Wildman–Crippen LogP) is 1.99. The maximum absolute atomic E-state index is 11.5. The molecule has 0 saturated heterocycles. The van der Waals surface area contributed by atoms with Crippen molar-refractivity contribution in [2.45, 2.75) is 0 Å². The van der Waals surface area contributed by atoms with Crippen molar-refractivity contribution in [3.63, 3.8) is 0 Å². The number of rotatable bonds is 1. The van der Waals surface area contributed by atoms with Gasteiger partial charge in [-0.15, -0.1) is 0 Å². The van der Waals surface area contributed by atoms with Gasteiger partial charge in [-0.05, 0) is 18.2 Å². The molecule has 0 fully saturated rings. The number of aromatic nitrogens is 2. The average Bonchev–Trinajstić information content (AvgIpc) is 2.19. The maximum atomic E-state index is 11.5. The Labute approximate surface area is 89.2 Å². The van der Waals surface area contributed by atoms with E-state index >= 15 is 0 Å². The molecule has 0 spiro atoms. The summed E-state index contributed by atoms with van der Waals surface area (Å²) in [5, 5.41) is 0. The Bertz CT molecular complexity index is 493. The van der Waals surface area contributed by atoms with Gasteiger partial charge in [0.1, 0.15) is 5.82 Å². The van der Waals surface area contributed by atoms with Crippen molar-refractivity contribution in [1.29, 1.82) is 0 Å². The molecular weight excluding hydrogens is 244 g/mol. The smallest absolute Gasteiger partial charge is 0.257 e. The molecular formula is C10H7BrN2O. The molecule has 0 aromatic carbocycles. The topological polar surface area (TPSA) is 34.9 Å². The Kier molecular flexibility index (Phi) is 2.45. The summed E-state index contributed by atoms with van der Waals surface area (Å²) >= 11 is 3.24. The lowest BCUT2D eigenvalue weighted by atomic mass is 10.4. The van der Waals surface area contributed by atoms with Gasteiger partial charge in [-0.2, -0.15) is 0 Å². The van der Waals surface area contributed by atoms with Gasteiger partial charge in [-0.25, -0.2) is 4.98 Å². The van der Waals surface area contributed by atoms with Gasteiger partial charge in [-0.1, -0.05) is 22.0 Å². The molecule has 0 N–H and O–H groups in total. The molecule has 2 rings (SSSR count). The second-order valence-corrected chi connectivity index (χ2v) is 3.66. The molecule has 0 aliphatic carbocycles. The molecule has 70 valence electrons. The molecule has 0 atom stereocenters. The van der Waals surface area contributed by atoms with Gasteiger partial charge in [0.2, 0.25) is 0 Å². The van der Waals surface area contributed by atoms with E-state index in [1.165, 1.54) is 10.6 Å². The Balaban J connectivity index is 2.59. The first kappa shape index (κ1) is 9.15. The highest BCUT2D eigenvalue weighted by Gasteiger charge is 1.99. The van der Waals surface area contributed by atoms with Gasteiger partial charge in [0.05, 0.1) is 0 Å². The van der Waals surface area contributed by atoms with Crippen LogP contribution in [0.2, 0.25) is 0 Å². The number of hydrogen-bond donors (Lipinski definition) is 0. The Hall–Kier alpha value is -1.42. The van der Waals surface area contributed by atoms with E-state index in [4.69, 9.17) is 0 Å². The average molecular weight is 251 g/mol. The molecule has 0 saturated carbocycles. The van der Waals surface area contributed by atoms with Gasteiger partial charge in [0.25, 0.3) is 5.56 Å². The van der Waals surface area contributed by atoms with Crippen LogP contribution < -0.4 is 5.56 Å². The van der Waals surface area contributed by atoms with Crippen molar-refractivity contribution in [3.05, 3.63) is 57.6 Å². The Morgan fingerprint density at radius 3 is 2.79 bits per heavy atom. The quantitative estimate of drug-likeness (QED) is 0.776. The Morgan fingerprint density at radius 1 is 1.29 bits per heavy atom. The zero-order chi connectivity index (χ0) is 9.97. The lowest BCUT2D eigenvalue weighted by Gasteiger charge is -2.02. The van der Waals surface area contributed by atoms with E-state index in [9.17, 15) is 4.79 Å². The zero-order valence-electron chi connectivity index (χ0n) is 7.22. The summed E-state index contributed by atoms with van der Waals surface area (Å²) < 4.78 is 2.26. The molecule has 0 radical (unpaired) electrons. The fourth-order valence-corrected chi connectivity index (χ4v) is 1.45. The monoisotopic (exact) mass is 250 g/mol. The fraction of sp³-hybridized carbons (Fsp3) is 0. The third-order valence-corrected chi connectivity index (χ3v) is 2.27. The predicted molar refractivity (Wildman–Crippen MR) is 57.5 cm³/mol. The summed E-state index contributed by atoms with van der Waals surface area (Å²) in [6.45, 7) is 0. The van der Waals surface area contributed by atoms with Crippen molar-refractivity contribution < 1.29 is 0 Å². The minimum absolute atomic E-state index is 0.0990. The van der Waals surface area contributed by atoms with Crippen LogP contribution in [-0.2, 0) is 0 Å². The fourth-order valence-electron chi connectivity index (χ4n) is 1.14. The van der Waals surface area contributed by atoms with Crippen molar-refractivity contribution >= 4 is 15.9 Å². The first-order valence-corrected chi connectivity index (χ1v) is 4.86. The van der Waals surface area contributed by atoms with Crippen molar-refractivity contribution in [3.8, 4) is 5.82 Å². The molecule has 0 unspecified atom stereocenters. The summed E-state index contributed by atoms with van der Waals surface area (Å²) in [7, 11) is 0. The lowest BCUT2D eigenvalue weighted by molar-refractivity contribution is 0.938. The van der Waals surface area contributed by atoms with Crippen LogP contribution >= 0.6 is 15.9 Å². The van der Waals surface area contributed by atoms with E-state index in [-0.39, 0.29) is 5.56 Å². The number of hydrogen-bond acceptors (Lipinski definition) is 2. The SMILES string of the molecule is O=c1cc(Br)ccn1-c1ccccn1. The summed E-state index contributed by atoms with van der Waals surface area (Å²) in [5.74, 6) is 0.630. The molecule has 14 heavy (non-hydrogen) atoms. The molecule has 4 heteroatoms. The third-order valence-electron chi connectivity index (χ3n) is 1.78. The van der Waals surface area contributed by atoms with Crippen LogP contribution in [0.5, 0.6) is 0 Å². The van der Waals surface area contributed by atoms with Crippen LogP contribution in [0.25, 0.3) is 5.82 Å². The van der Waals surface area contributed by atoms with Crippen LogP contribution in [0.3, 0.4) is 0 Å². The number of nitrogens with zero attached hydrogens (tertiary/aromatic N) is 2. The largest absolute Gasteiger partial charge is 0.269 e. The summed E-state index contributed by atoms with van der Waals surface area (Å²) in [4.78, 5) is 15.6. The molecule has 3 nitrogen and oxygen atoms in total. The van der Waals surface area contributed by atoms with Crippen LogP contribution in [0, 0.1) is 0 Å². The number of halogens is 1. The lowest BCUT2D eigenvalue weighted by Crippen LogP contribution is -2.16. The molecule has 2 aromatic heterocycles. The van der Waals surface area contributed by atoms with E-state index in [0.29, 0.717) is 5.82 Å². The Morgan fingerprint density at radius 2 is 2.14 bits per heavy atom. The highest BCUT2D eigenvalue weighted by molar-refractivity contribution is 9.10. The van der Waals surface area contributed by atoms with E-state index in [1.54, 1.807) is 24.5 Å². The maximum Gasteiger partial charge on any atom is 0.257 e. The minimum atomic E-state index is -0.0990. The second kappa shape index (κ2) is 3.75. The summed E-state index contributed by atoms with van der Waals surface area (Å²) in [6.07, 6.45) is 3.35. The van der Waals surface area contributed by atoms with Gasteiger partial charge >= 0.3 is 0 Å². The first-order valence-electron chi connectivity index (χ1n) is 4.07. The van der Waals surface area contributed by atoms with E-state index in [2.05, 4.69) is 20.9 Å². The van der Waals surface area contributed by atoms with Crippen molar-refractivity contribution in [2.75, 3.05) is 0 Å². The normalized spacial score (nSPS) is 10.1. The second-order valence-electron chi connectivity index (χ2n) is 2.74. The molecule has 0 aliphatic heterocycles. The van der Waals surface area contributed by atoms with E-state index < -0.39 is 0 Å². The molecule has 2 heterocycles. The highest BCUT2D eigenvalue weighted by Crippen LogP contribution is 2.06. The van der Waals surface area contributed by atoms with Gasteiger partial charge in [0, 0.05) is 22.9 Å². The number of pyridine rings is 2. The first-order chi connectivity index (χ1) is 6.77. The van der Waals surface area contributed by atoms with Crippen LogP contribution in [-0.4, -0.2) is 9.55 Å². The highest BCUT2D eigenvalue weighted by atomic mass is 79.9. The van der Waals surface area contributed by atoms with Gasteiger partial charge < -0.3 is 0 Å². The molecule has 0 bridgehead atoms. The van der Waals surface area contributed by atoms with Crippen LogP contribution in [0.15, 0.2) is 52.0 Å². The molecule has 0 aliphatic rings. The standard InChI is InChI=1S/C10H7BrN2O/c11-8-4-6-13(10(14)7-8)9-3-1-2-5-12-9/h1-7H. The van der Waals surface area contributed by atoms with E-state index in [1.807, 2.05) is 12.1 Å².